The standard InChI is InChI=1S/C15H12F2N2O2/c1-9(20)18-14-5-3-2-4-11(14)15(21)19-10-6-7-12(16)13(17)8-10/h2-8H,1H3,(H,18,20)(H,19,21). The van der Waals surface area contributed by atoms with E-state index < -0.39 is 17.5 Å². The first-order valence-electron chi connectivity index (χ1n) is 6.10. The lowest BCUT2D eigenvalue weighted by Gasteiger charge is -2.10. The third kappa shape index (κ3) is 3.62. The molecule has 0 saturated carbocycles. The predicted octanol–water partition coefficient (Wildman–Crippen LogP) is 3.18. The molecular formula is C15H12F2N2O2. The zero-order chi connectivity index (χ0) is 15.4. The van der Waals surface area contributed by atoms with Crippen LogP contribution in [-0.4, -0.2) is 11.8 Å². The Morgan fingerprint density at radius 2 is 1.67 bits per heavy atom. The molecule has 4 nitrogen and oxygen atoms in total. The van der Waals surface area contributed by atoms with Gasteiger partial charge in [0.2, 0.25) is 5.91 Å². The van der Waals surface area contributed by atoms with Crippen LogP contribution in [0, 0.1) is 11.6 Å². The van der Waals surface area contributed by atoms with Gasteiger partial charge >= 0.3 is 0 Å². The molecule has 2 N–H and O–H groups in total. The summed E-state index contributed by atoms with van der Waals surface area (Å²) in [5.41, 5.74) is 0.680. The highest BCUT2D eigenvalue weighted by atomic mass is 19.2. The molecule has 2 aromatic carbocycles. The molecule has 0 heterocycles. The van der Waals surface area contributed by atoms with E-state index in [1.54, 1.807) is 18.2 Å². The smallest absolute Gasteiger partial charge is 0.257 e. The van der Waals surface area contributed by atoms with Crippen molar-refractivity contribution >= 4 is 23.2 Å². The van der Waals surface area contributed by atoms with Crippen molar-refractivity contribution in [1.29, 1.82) is 0 Å². The lowest BCUT2D eigenvalue weighted by molar-refractivity contribution is -0.114. The van der Waals surface area contributed by atoms with E-state index in [1.165, 1.54) is 19.1 Å². The van der Waals surface area contributed by atoms with Gasteiger partial charge in [0.15, 0.2) is 11.6 Å². The van der Waals surface area contributed by atoms with Gasteiger partial charge in [-0.1, -0.05) is 12.1 Å². The molecule has 6 heteroatoms. The van der Waals surface area contributed by atoms with Gasteiger partial charge < -0.3 is 10.6 Å². The van der Waals surface area contributed by atoms with E-state index in [-0.39, 0.29) is 17.2 Å². The minimum atomic E-state index is -1.05. The largest absolute Gasteiger partial charge is 0.326 e. The molecular weight excluding hydrogens is 278 g/mol. The minimum Gasteiger partial charge on any atom is -0.326 e. The molecule has 2 rings (SSSR count). The Labute approximate surface area is 119 Å². The summed E-state index contributed by atoms with van der Waals surface area (Å²) in [7, 11) is 0. The molecule has 0 bridgehead atoms. The minimum absolute atomic E-state index is 0.122. The Morgan fingerprint density at radius 3 is 2.33 bits per heavy atom. The van der Waals surface area contributed by atoms with Crippen molar-refractivity contribution in [2.75, 3.05) is 10.6 Å². The van der Waals surface area contributed by atoms with Gasteiger partial charge in [-0.25, -0.2) is 8.78 Å². The van der Waals surface area contributed by atoms with E-state index in [0.717, 1.165) is 12.1 Å². The maximum atomic E-state index is 13.1. The van der Waals surface area contributed by atoms with E-state index in [9.17, 15) is 18.4 Å². The average molecular weight is 290 g/mol. The summed E-state index contributed by atoms with van der Waals surface area (Å²) in [5.74, 6) is -2.90. The number of rotatable bonds is 3. The second-order valence-corrected chi connectivity index (χ2v) is 4.31. The number of anilines is 2. The van der Waals surface area contributed by atoms with Crippen molar-refractivity contribution in [1.82, 2.24) is 0 Å². The number of hydrogen-bond acceptors (Lipinski definition) is 2. The Morgan fingerprint density at radius 1 is 0.952 bits per heavy atom. The Kier molecular flexibility index (Phi) is 4.27. The maximum Gasteiger partial charge on any atom is 0.257 e. The second kappa shape index (κ2) is 6.13. The summed E-state index contributed by atoms with van der Waals surface area (Å²) in [4.78, 5) is 23.2. The first-order valence-corrected chi connectivity index (χ1v) is 6.10. The fourth-order valence-corrected chi connectivity index (χ4v) is 1.75. The van der Waals surface area contributed by atoms with Crippen LogP contribution in [0.1, 0.15) is 17.3 Å². The number of benzene rings is 2. The Balaban J connectivity index is 2.24. The summed E-state index contributed by atoms with van der Waals surface area (Å²) in [6.07, 6.45) is 0. The van der Waals surface area contributed by atoms with Gasteiger partial charge in [0.25, 0.3) is 5.91 Å². The van der Waals surface area contributed by atoms with Crippen LogP contribution in [0.25, 0.3) is 0 Å². The molecule has 0 unspecified atom stereocenters. The topological polar surface area (TPSA) is 58.2 Å². The van der Waals surface area contributed by atoms with Crippen LogP contribution in [0.2, 0.25) is 0 Å². The molecule has 0 aromatic heterocycles. The summed E-state index contributed by atoms with van der Waals surface area (Å²) >= 11 is 0. The van der Waals surface area contributed by atoms with Gasteiger partial charge in [-0.2, -0.15) is 0 Å². The van der Waals surface area contributed by atoms with Gasteiger partial charge in [-0.05, 0) is 24.3 Å². The highest BCUT2D eigenvalue weighted by Crippen LogP contribution is 2.18. The molecule has 0 radical (unpaired) electrons. The number of hydrogen-bond donors (Lipinski definition) is 2. The van der Waals surface area contributed by atoms with Crippen molar-refractivity contribution in [3.05, 3.63) is 59.7 Å². The zero-order valence-corrected chi connectivity index (χ0v) is 11.1. The average Bonchev–Trinajstić information content (AvgIpc) is 2.43. The second-order valence-electron chi connectivity index (χ2n) is 4.31. The van der Waals surface area contributed by atoms with Crippen LogP contribution in [0.4, 0.5) is 20.2 Å². The summed E-state index contributed by atoms with van der Waals surface area (Å²) < 4.78 is 25.9. The molecule has 0 aliphatic heterocycles. The van der Waals surface area contributed by atoms with Crippen LogP contribution in [0.3, 0.4) is 0 Å². The number of carbonyl (C=O) groups excluding carboxylic acids is 2. The van der Waals surface area contributed by atoms with Crippen LogP contribution in [-0.2, 0) is 4.79 Å². The zero-order valence-electron chi connectivity index (χ0n) is 11.1. The molecule has 21 heavy (non-hydrogen) atoms. The number of amides is 2. The first-order chi connectivity index (χ1) is 9.97. The Bertz CT molecular complexity index is 702. The molecule has 0 aliphatic rings. The predicted molar refractivity (Wildman–Crippen MR) is 75.1 cm³/mol. The van der Waals surface area contributed by atoms with Crippen molar-refractivity contribution in [2.24, 2.45) is 0 Å². The van der Waals surface area contributed by atoms with Crippen LogP contribution >= 0.6 is 0 Å². The molecule has 108 valence electrons. The van der Waals surface area contributed by atoms with Crippen molar-refractivity contribution in [2.45, 2.75) is 6.92 Å². The van der Waals surface area contributed by atoms with Gasteiger partial charge in [0.1, 0.15) is 0 Å². The van der Waals surface area contributed by atoms with Crippen LogP contribution in [0.15, 0.2) is 42.5 Å². The van der Waals surface area contributed by atoms with Crippen LogP contribution < -0.4 is 10.6 Å². The van der Waals surface area contributed by atoms with Gasteiger partial charge in [-0.15, -0.1) is 0 Å². The number of carbonyl (C=O) groups is 2. The summed E-state index contributed by atoms with van der Waals surface area (Å²) in [6.45, 7) is 1.32. The third-order valence-electron chi connectivity index (χ3n) is 2.66. The highest BCUT2D eigenvalue weighted by molar-refractivity contribution is 6.09. The molecule has 2 amide bonds. The van der Waals surface area contributed by atoms with Gasteiger partial charge in [0.05, 0.1) is 11.3 Å². The SMILES string of the molecule is CC(=O)Nc1ccccc1C(=O)Nc1ccc(F)c(F)c1. The number of para-hydroxylation sites is 1. The molecule has 0 fully saturated rings. The monoisotopic (exact) mass is 290 g/mol. The third-order valence-corrected chi connectivity index (χ3v) is 2.66. The van der Waals surface area contributed by atoms with E-state index in [1.807, 2.05) is 0 Å². The lowest BCUT2D eigenvalue weighted by Crippen LogP contribution is -2.16. The van der Waals surface area contributed by atoms with Gasteiger partial charge in [-0.3, -0.25) is 9.59 Å². The van der Waals surface area contributed by atoms with Crippen molar-refractivity contribution in [3.8, 4) is 0 Å². The van der Waals surface area contributed by atoms with E-state index in [0.29, 0.717) is 5.69 Å². The van der Waals surface area contributed by atoms with E-state index in [2.05, 4.69) is 10.6 Å². The van der Waals surface area contributed by atoms with Crippen molar-refractivity contribution < 1.29 is 18.4 Å². The van der Waals surface area contributed by atoms with Crippen LogP contribution in [0.5, 0.6) is 0 Å². The van der Waals surface area contributed by atoms with E-state index >= 15 is 0 Å². The fraction of sp³-hybridized carbons (Fsp3) is 0.0667. The molecule has 2 aromatic rings. The first kappa shape index (κ1) is 14.6. The summed E-state index contributed by atoms with van der Waals surface area (Å²) in [6, 6.07) is 9.43. The van der Waals surface area contributed by atoms with Crippen molar-refractivity contribution in [3.63, 3.8) is 0 Å². The Hall–Kier alpha value is -2.76. The quantitative estimate of drug-likeness (QED) is 0.912. The molecule has 0 spiro atoms. The maximum absolute atomic E-state index is 13.1. The fourth-order valence-electron chi connectivity index (χ4n) is 1.75. The summed E-state index contributed by atoms with van der Waals surface area (Å²) in [5, 5.41) is 4.97. The number of nitrogens with one attached hydrogen (secondary N) is 2. The highest BCUT2D eigenvalue weighted by Gasteiger charge is 2.13. The number of halogens is 2. The molecule has 0 aliphatic carbocycles. The lowest BCUT2D eigenvalue weighted by atomic mass is 10.1. The van der Waals surface area contributed by atoms with E-state index in [4.69, 9.17) is 0 Å². The molecule has 0 saturated heterocycles. The normalized spacial score (nSPS) is 10.0. The van der Waals surface area contributed by atoms with Gasteiger partial charge in [0, 0.05) is 18.7 Å². The molecule has 0 atom stereocenters.